The zero-order chi connectivity index (χ0) is 24.1. The summed E-state index contributed by atoms with van der Waals surface area (Å²) in [7, 11) is 0. The highest BCUT2D eigenvalue weighted by atomic mass is 32.2. The largest absolute Gasteiger partial charge is 0.481 e. The van der Waals surface area contributed by atoms with Crippen LogP contribution < -0.4 is 21.7 Å². The molecule has 0 rings (SSSR count). The maximum atomic E-state index is 12.6. The highest BCUT2D eigenvalue weighted by Gasteiger charge is 2.32. The number of hydrogen-bond acceptors (Lipinski definition) is 9. The first kappa shape index (κ1) is 29.0. The third-order valence-electron chi connectivity index (χ3n) is 4.11. The monoisotopic (exact) mass is 482 g/mol. The molecule has 0 spiro atoms. The van der Waals surface area contributed by atoms with E-state index in [1.165, 1.54) is 18.7 Å². The lowest BCUT2D eigenvalue weighted by Gasteiger charge is -2.26. The molecule has 8 N–H and O–H groups in total. The highest BCUT2D eigenvalue weighted by Crippen LogP contribution is 2.04. The van der Waals surface area contributed by atoms with Crippen molar-refractivity contribution in [1.29, 1.82) is 0 Å². The molecule has 0 aromatic heterocycles. The van der Waals surface area contributed by atoms with Gasteiger partial charge in [0.15, 0.2) is 0 Å². The number of carboxylic acid groups (broad SMARTS) is 2. The normalized spacial score (nSPS) is 15.6. The van der Waals surface area contributed by atoms with Crippen molar-refractivity contribution in [2.75, 3.05) is 17.8 Å². The number of nitrogens with two attached hydrogens (primary N) is 1. The minimum atomic E-state index is -1.46. The van der Waals surface area contributed by atoms with Gasteiger partial charge in [0, 0.05) is 12.2 Å². The molecule has 178 valence electrons. The van der Waals surface area contributed by atoms with Crippen LogP contribution in [-0.2, 0) is 24.0 Å². The van der Waals surface area contributed by atoms with Gasteiger partial charge in [-0.05, 0) is 31.8 Å². The molecule has 0 heterocycles. The molecule has 0 saturated carbocycles. The lowest BCUT2D eigenvalue weighted by atomic mass is 10.1. The van der Waals surface area contributed by atoms with Gasteiger partial charge in [-0.15, -0.1) is 0 Å². The number of aliphatic hydroxyl groups is 1. The zero-order valence-corrected chi connectivity index (χ0v) is 18.9. The number of nitrogens with one attached hydrogen (secondary N) is 3. The van der Waals surface area contributed by atoms with Crippen molar-refractivity contribution in [3.05, 3.63) is 0 Å². The van der Waals surface area contributed by atoms with E-state index in [4.69, 9.17) is 15.9 Å². The van der Waals surface area contributed by atoms with Crippen molar-refractivity contribution in [2.45, 2.75) is 56.5 Å². The zero-order valence-electron chi connectivity index (χ0n) is 17.2. The lowest BCUT2D eigenvalue weighted by Crippen LogP contribution is -2.60. The van der Waals surface area contributed by atoms with E-state index >= 15 is 0 Å². The van der Waals surface area contributed by atoms with E-state index < -0.39 is 66.4 Å². The Morgan fingerprint density at radius 2 is 1.55 bits per heavy atom. The molecule has 0 radical (unpaired) electrons. The molecular weight excluding hydrogens is 452 g/mol. The van der Waals surface area contributed by atoms with Gasteiger partial charge in [-0.2, -0.15) is 24.4 Å². The van der Waals surface area contributed by atoms with Crippen LogP contribution in [0.15, 0.2) is 0 Å². The second kappa shape index (κ2) is 14.9. The van der Waals surface area contributed by atoms with E-state index in [2.05, 4.69) is 28.6 Å². The molecular formula is C17H30N4O8S2. The van der Waals surface area contributed by atoms with Crippen molar-refractivity contribution in [3.63, 3.8) is 0 Å². The number of carboxylic acids is 2. The standard InChI is InChI=1S/C17H30N4O8S2/c1-8(22)13(21-14(25)9(18)5-6-31-2)16(27)19-10(3-4-12(23)24)15(26)20-11(7-30)17(28)29/h8-11,13,22,30H,3-7,18H2,1-2H3,(H,19,27)(H,20,26)(H,21,25)(H,23,24)(H,28,29). The van der Waals surface area contributed by atoms with Crippen LogP contribution in [0.1, 0.15) is 26.2 Å². The van der Waals surface area contributed by atoms with Crippen LogP contribution in [0.5, 0.6) is 0 Å². The molecule has 0 aromatic rings. The second-order valence-electron chi connectivity index (χ2n) is 6.69. The minimum Gasteiger partial charge on any atom is -0.481 e. The first-order chi connectivity index (χ1) is 14.4. The average molecular weight is 483 g/mol. The van der Waals surface area contributed by atoms with Crippen LogP contribution in [0.4, 0.5) is 0 Å². The number of carbonyl (C=O) groups is 5. The fourth-order valence-electron chi connectivity index (χ4n) is 2.30. The molecule has 31 heavy (non-hydrogen) atoms. The molecule has 12 nitrogen and oxygen atoms in total. The predicted octanol–water partition coefficient (Wildman–Crippen LogP) is -2.22. The summed E-state index contributed by atoms with van der Waals surface area (Å²) >= 11 is 5.30. The first-order valence-electron chi connectivity index (χ1n) is 9.33. The Kier molecular flexibility index (Phi) is 13.9. The third kappa shape index (κ3) is 11.2. The number of aliphatic carboxylic acids is 2. The van der Waals surface area contributed by atoms with E-state index in [-0.39, 0.29) is 12.2 Å². The van der Waals surface area contributed by atoms with Crippen LogP contribution in [0, 0.1) is 0 Å². The topological polar surface area (TPSA) is 208 Å². The van der Waals surface area contributed by atoms with Crippen molar-refractivity contribution in [2.24, 2.45) is 5.73 Å². The highest BCUT2D eigenvalue weighted by molar-refractivity contribution is 7.98. The number of thioether (sulfide) groups is 1. The summed E-state index contributed by atoms with van der Waals surface area (Å²) < 4.78 is 0. The van der Waals surface area contributed by atoms with Gasteiger partial charge in [-0.3, -0.25) is 19.2 Å². The molecule has 0 bridgehead atoms. The maximum absolute atomic E-state index is 12.6. The van der Waals surface area contributed by atoms with E-state index in [1.54, 1.807) is 0 Å². The van der Waals surface area contributed by atoms with Gasteiger partial charge < -0.3 is 37.0 Å². The van der Waals surface area contributed by atoms with E-state index in [1.807, 2.05) is 6.26 Å². The fourth-order valence-corrected chi connectivity index (χ4v) is 3.03. The molecule has 0 saturated heterocycles. The average Bonchev–Trinajstić information content (AvgIpc) is 2.69. The maximum Gasteiger partial charge on any atom is 0.327 e. The number of amides is 3. The van der Waals surface area contributed by atoms with Crippen LogP contribution >= 0.6 is 24.4 Å². The van der Waals surface area contributed by atoms with Crippen LogP contribution in [-0.4, -0.2) is 93.0 Å². The molecule has 14 heteroatoms. The third-order valence-corrected chi connectivity index (χ3v) is 5.12. The van der Waals surface area contributed by atoms with Crippen LogP contribution in [0.25, 0.3) is 0 Å². The SMILES string of the molecule is CSCCC(N)C(=O)NC(C(=O)NC(CCC(=O)O)C(=O)NC(CS)C(=O)O)C(C)O. The summed E-state index contributed by atoms with van der Waals surface area (Å²) in [6.45, 7) is 1.24. The number of aliphatic hydroxyl groups excluding tert-OH is 1. The van der Waals surface area contributed by atoms with Crippen LogP contribution in [0.2, 0.25) is 0 Å². The van der Waals surface area contributed by atoms with Gasteiger partial charge in [0.1, 0.15) is 18.1 Å². The summed E-state index contributed by atoms with van der Waals surface area (Å²) in [5.74, 6) is -4.81. The van der Waals surface area contributed by atoms with Gasteiger partial charge >= 0.3 is 11.9 Å². The van der Waals surface area contributed by atoms with E-state index in [0.717, 1.165) is 0 Å². The van der Waals surface area contributed by atoms with Crippen molar-refractivity contribution in [1.82, 2.24) is 16.0 Å². The minimum absolute atomic E-state index is 0.235. The van der Waals surface area contributed by atoms with Crippen molar-refractivity contribution in [3.8, 4) is 0 Å². The van der Waals surface area contributed by atoms with E-state index in [0.29, 0.717) is 12.2 Å². The Balaban J connectivity index is 5.35. The lowest BCUT2D eigenvalue weighted by molar-refractivity contribution is -0.142. The number of rotatable bonds is 15. The number of thiol groups is 1. The number of carbonyl (C=O) groups excluding carboxylic acids is 3. The summed E-state index contributed by atoms with van der Waals surface area (Å²) in [5.41, 5.74) is 5.75. The molecule has 3 amide bonds. The molecule has 0 aliphatic rings. The summed E-state index contributed by atoms with van der Waals surface area (Å²) in [4.78, 5) is 59.2. The quantitative estimate of drug-likeness (QED) is 0.118. The van der Waals surface area contributed by atoms with Gasteiger partial charge in [0.05, 0.1) is 12.1 Å². The van der Waals surface area contributed by atoms with Gasteiger partial charge in [0.25, 0.3) is 0 Å². The molecule has 0 fully saturated rings. The van der Waals surface area contributed by atoms with Crippen LogP contribution in [0.3, 0.4) is 0 Å². The van der Waals surface area contributed by atoms with Gasteiger partial charge in [-0.1, -0.05) is 0 Å². The summed E-state index contributed by atoms with van der Waals surface area (Å²) in [6.07, 6.45) is -0.0294. The second-order valence-corrected chi connectivity index (χ2v) is 8.04. The molecule has 0 aliphatic carbocycles. The fraction of sp³-hybridized carbons (Fsp3) is 0.706. The summed E-state index contributed by atoms with van der Waals surface area (Å²) in [5, 5.41) is 34.6. The molecule has 0 aliphatic heterocycles. The molecule has 5 atom stereocenters. The van der Waals surface area contributed by atoms with Crippen molar-refractivity contribution >= 4 is 54.1 Å². The van der Waals surface area contributed by atoms with E-state index in [9.17, 15) is 29.1 Å². The first-order valence-corrected chi connectivity index (χ1v) is 11.4. The Morgan fingerprint density at radius 1 is 0.968 bits per heavy atom. The summed E-state index contributed by atoms with van der Waals surface area (Å²) in [6, 6.07) is -5.16. The Morgan fingerprint density at radius 3 is 2.00 bits per heavy atom. The Hall–Kier alpha value is -2.03. The van der Waals surface area contributed by atoms with Gasteiger partial charge in [-0.25, -0.2) is 4.79 Å². The number of hydrogen-bond donors (Lipinski definition) is 8. The van der Waals surface area contributed by atoms with Gasteiger partial charge in [0.2, 0.25) is 17.7 Å². The Labute approximate surface area is 189 Å². The predicted molar refractivity (Wildman–Crippen MR) is 117 cm³/mol. The molecule has 0 aromatic carbocycles. The smallest absolute Gasteiger partial charge is 0.327 e. The van der Waals surface area contributed by atoms with Crippen molar-refractivity contribution < 1.29 is 39.3 Å². The Bertz CT molecular complexity index is 650. The molecule has 5 unspecified atom stereocenters.